The number of rotatable bonds is 6. The molecule has 0 unspecified atom stereocenters. The highest BCUT2D eigenvalue weighted by Crippen LogP contribution is 2.61. The molecule has 1 aromatic carbocycles. The second-order valence-electron chi connectivity index (χ2n) is 11.2. The molecule has 1 aromatic rings. The topological polar surface area (TPSA) is 129 Å². The molecule has 4 rings (SSSR count). The van der Waals surface area contributed by atoms with Crippen molar-refractivity contribution in [3.63, 3.8) is 0 Å². The molecule has 1 heterocycles. The van der Waals surface area contributed by atoms with E-state index in [-0.39, 0.29) is 30.8 Å². The van der Waals surface area contributed by atoms with Gasteiger partial charge >= 0.3 is 6.09 Å². The fourth-order valence-electron chi connectivity index (χ4n) is 7.02. The van der Waals surface area contributed by atoms with Crippen LogP contribution in [0.4, 0.5) is 10.5 Å². The van der Waals surface area contributed by atoms with E-state index in [4.69, 9.17) is 9.47 Å². The van der Waals surface area contributed by atoms with Crippen LogP contribution >= 0.6 is 0 Å². The highest BCUT2D eigenvalue weighted by molar-refractivity contribution is 5.84. The maximum absolute atomic E-state index is 13.0. The summed E-state index contributed by atoms with van der Waals surface area (Å²) >= 11 is 0. The summed E-state index contributed by atoms with van der Waals surface area (Å²) in [5.41, 5.74) is -0.524. The van der Waals surface area contributed by atoms with Gasteiger partial charge in [-0.3, -0.25) is 10.1 Å². The molecule has 36 heavy (non-hydrogen) atoms. The third kappa shape index (κ3) is 5.06. The zero-order chi connectivity index (χ0) is 26.1. The van der Waals surface area contributed by atoms with Crippen LogP contribution in [0.5, 0.6) is 5.75 Å². The van der Waals surface area contributed by atoms with E-state index >= 15 is 0 Å². The summed E-state index contributed by atoms with van der Waals surface area (Å²) in [6, 6.07) is 6.95. The summed E-state index contributed by atoms with van der Waals surface area (Å²) in [7, 11) is 1.57. The largest absolute Gasteiger partial charge is 0.497 e. The van der Waals surface area contributed by atoms with Crippen molar-refractivity contribution in [3.05, 3.63) is 24.3 Å². The highest BCUT2D eigenvalue weighted by Gasteiger charge is 2.60. The van der Waals surface area contributed by atoms with E-state index in [2.05, 4.69) is 12.2 Å². The first-order valence-electron chi connectivity index (χ1n) is 13.0. The Bertz CT molecular complexity index is 941. The quantitative estimate of drug-likeness (QED) is 0.469. The van der Waals surface area contributed by atoms with E-state index in [1.165, 1.54) is 0 Å². The van der Waals surface area contributed by atoms with Crippen molar-refractivity contribution in [3.8, 4) is 5.75 Å². The summed E-state index contributed by atoms with van der Waals surface area (Å²) in [4.78, 5) is 27.5. The molecule has 0 radical (unpaired) electrons. The van der Waals surface area contributed by atoms with E-state index in [0.29, 0.717) is 56.6 Å². The number of likely N-dealkylation sites (tertiary alicyclic amines) is 1. The number of ether oxygens (including phenoxy) is 2. The summed E-state index contributed by atoms with van der Waals surface area (Å²) < 4.78 is 11.0. The molecule has 3 fully saturated rings. The molecular weight excluding hydrogens is 464 g/mol. The monoisotopic (exact) mass is 504 g/mol. The number of amides is 2. The second kappa shape index (κ2) is 10.6. The van der Waals surface area contributed by atoms with E-state index in [1.54, 1.807) is 36.3 Å². The number of aliphatic hydroxyl groups is 3. The zero-order valence-electron chi connectivity index (χ0n) is 21.5. The molecule has 3 aliphatic rings. The van der Waals surface area contributed by atoms with E-state index in [0.717, 1.165) is 0 Å². The maximum Gasteiger partial charge on any atom is 0.411 e. The number of nitrogens with zero attached hydrogens (tertiary/aromatic N) is 1. The number of benzene rings is 1. The maximum atomic E-state index is 13.0. The summed E-state index contributed by atoms with van der Waals surface area (Å²) in [6.07, 6.45) is 1.03. The molecule has 9 heteroatoms. The number of anilines is 1. The highest BCUT2D eigenvalue weighted by atomic mass is 16.6. The lowest BCUT2D eigenvalue weighted by Gasteiger charge is -2.60. The van der Waals surface area contributed by atoms with E-state index in [9.17, 15) is 24.9 Å². The van der Waals surface area contributed by atoms with Crippen molar-refractivity contribution in [1.82, 2.24) is 4.90 Å². The molecule has 2 amide bonds. The summed E-state index contributed by atoms with van der Waals surface area (Å²) in [5.74, 6) is 0.344. The molecule has 2 saturated carbocycles. The number of hydrogen-bond acceptors (Lipinski definition) is 7. The van der Waals surface area contributed by atoms with Crippen LogP contribution in [0.1, 0.15) is 52.4 Å². The lowest BCUT2D eigenvalue weighted by molar-refractivity contribution is -0.186. The third-order valence-electron chi connectivity index (χ3n) is 9.17. The van der Waals surface area contributed by atoms with Gasteiger partial charge in [0.1, 0.15) is 11.9 Å². The first-order valence-corrected chi connectivity index (χ1v) is 13.0. The van der Waals surface area contributed by atoms with Crippen molar-refractivity contribution in [2.24, 2.45) is 22.7 Å². The van der Waals surface area contributed by atoms with Gasteiger partial charge in [0, 0.05) is 30.6 Å². The standard InChI is InChI=1S/C27H40N2O7/c1-26-12-10-23(36-25(34)28-17-4-6-19(35-3)7-5-17)27(2,16-30)22(26)9-8-21(32)20(26)14-24(33)29-13-11-18(31)15-29/h4-7,18,20-23,30-32H,8-16H2,1-3H3,(H,28,34)/t18-,20-,21-,22+,23-,26+,27+/m1/s1. The third-order valence-corrected chi connectivity index (χ3v) is 9.17. The zero-order valence-corrected chi connectivity index (χ0v) is 21.5. The fraction of sp³-hybridized carbons (Fsp3) is 0.704. The molecule has 1 aliphatic heterocycles. The minimum Gasteiger partial charge on any atom is -0.497 e. The summed E-state index contributed by atoms with van der Waals surface area (Å²) in [6.45, 7) is 4.78. The Labute approximate surface area is 212 Å². The van der Waals surface area contributed by atoms with Crippen molar-refractivity contribution in [2.75, 3.05) is 32.1 Å². The number of β-amino-alcohol motifs (C(OH)–C–C–N with tert-alkyl or cyclic N) is 1. The molecule has 7 atom stereocenters. The molecule has 2 aliphatic carbocycles. The Morgan fingerprint density at radius 2 is 1.83 bits per heavy atom. The first kappa shape index (κ1) is 26.7. The van der Waals surface area contributed by atoms with Crippen LogP contribution in [0.25, 0.3) is 0 Å². The molecule has 9 nitrogen and oxygen atoms in total. The van der Waals surface area contributed by atoms with Crippen LogP contribution in [0.3, 0.4) is 0 Å². The molecule has 1 saturated heterocycles. The predicted octanol–water partition coefficient (Wildman–Crippen LogP) is 2.78. The number of hydrogen-bond donors (Lipinski definition) is 4. The molecule has 0 spiro atoms. The van der Waals surface area contributed by atoms with Gasteiger partial charge in [0.25, 0.3) is 0 Å². The number of fused-ring (bicyclic) bond motifs is 1. The van der Waals surface area contributed by atoms with Gasteiger partial charge in [-0.25, -0.2) is 4.79 Å². The molecule has 4 N–H and O–H groups in total. The van der Waals surface area contributed by atoms with Gasteiger partial charge in [0.05, 0.1) is 25.9 Å². The molecular formula is C27H40N2O7. The SMILES string of the molecule is COc1ccc(NC(=O)O[C@@H]2CC[C@]3(C)[C@H](CC[C@@H](O)[C@H]3CC(=O)N3CC[C@@H](O)C3)[C@]2(C)CO)cc1. The van der Waals surface area contributed by atoms with E-state index < -0.39 is 35.2 Å². The van der Waals surface area contributed by atoms with Gasteiger partial charge in [-0.05, 0) is 73.6 Å². The first-order chi connectivity index (χ1) is 17.1. The minimum atomic E-state index is -0.713. The molecule has 0 aromatic heterocycles. The lowest BCUT2D eigenvalue weighted by atomic mass is 9.46. The van der Waals surface area contributed by atoms with Crippen LogP contribution in [-0.4, -0.2) is 77.3 Å². The van der Waals surface area contributed by atoms with Crippen LogP contribution in [0.15, 0.2) is 24.3 Å². The average molecular weight is 505 g/mol. The minimum absolute atomic E-state index is 0.0343. The van der Waals surface area contributed by atoms with Gasteiger partial charge in [-0.1, -0.05) is 13.8 Å². The Kier molecular flexibility index (Phi) is 7.83. The number of carbonyl (C=O) groups excluding carboxylic acids is 2. The number of methoxy groups -OCH3 is 1. The second-order valence-corrected chi connectivity index (χ2v) is 11.2. The van der Waals surface area contributed by atoms with Gasteiger partial charge in [-0.15, -0.1) is 0 Å². The van der Waals surface area contributed by atoms with Crippen molar-refractivity contribution in [1.29, 1.82) is 0 Å². The smallest absolute Gasteiger partial charge is 0.411 e. The van der Waals surface area contributed by atoms with Crippen LogP contribution in [0.2, 0.25) is 0 Å². The van der Waals surface area contributed by atoms with Crippen molar-refractivity contribution in [2.45, 2.75) is 70.7 Å². The van der Waals surface area contributed by atoms with Gasteiger partial charge in [0.15, 0.2) is 0 Å². The number of carbonyl (C=O) groups is 2. The Balaban J connectivity index is 1.47. The Morgan fingerprint density at radius 1 is 1.11 bits per heavy atom. The van der Waals surface area contributed by atoms with Gasteiger partial charge in [0.2, 0.25) is 5.91 Å². The molecule has 200 valence electrons. The van der Waals surface area contributed by atoms with Crippen molar-refractivity contribution < 1.29 is 34.4 Å². The Hall–Kier alpha value is -2.36. The lowest BCUT2D eigenvalue weighted by Crippen LogP contribution is -2.61. The molecule has 0 bridgehead atoms. The van der Waals surface area contributed by atoms with Crippen LogP contribution in [-0.2, 0) is 9.53 Å². The number of aliphatic hydroxyl groups excluding tert-OH is 3. The fourth-order valence-corrected chi connectivity index (χ4v) is 7.02. The van der Waals surface area contributed by atoms with Gasteiger partial charge in [-0.2, -0.15) is 0 Å². The predicted molar refractivity (Wildman–Crippen MR) is 133 cm³/mol. The van der Waals surface area contributed by atoms with Crippen molar-refractivity contribution >= 4 is 17.7 Å². The normalized spacial score (nSPS) is 36.2. The van der Waals surface area contributed by atoms with E-state index in [1.807, 2.05) is 6.92 Å². The number of nitrogens with one attached hydrogen (secondary N) is 1. The van der Waals surface area contributed by atoms with Gasteiger partial charge < -0.3 is 29.7 Å². The van der Waals surface area contributed by atoms with Crippen LogP contribution < -0.4 is 10.1 Å². The van der Waals surface area contributed by atoms with Crippen LogP contribution in [0, 0.1) is 22.7 Å². The Morgan fingerprint density at radius 3 is 2.44 bits per heavy atom. The average Bonchev–Trinajstić information content (AvgIpc) is 3.30. The summed E-state index contributed by atoms with van der Waals surface area (Å²) in [5, 5.41) is 34.2.